The standard InChI is InChI=1S/C20H20N4O4S2/c25-20(14-2-1-3-18(10-14)28-11-17-12-29-13-21-17)23-22-15-6-8-19(9-7-15)30(26,27)24-16-4-5-16/h1-3,6-10,12-13,16,22,24H,4-5,11H2,(H,23,25). The Hall–Kier alpha value is -2.95. The quantitative estimate of drug-likeness (QED) is 0.438. The number of sulfonamides is 1. The largest absolute Gasteiger partial charge is 0.487 e. The zero-order chi connectivity index (χ0) is 21.0. The molecule has 156 valence electrons. The number of carbonyl (C=O) groups excluding carboxylic acids is 1. The third kappa shape index (κ3) is 5.35. The van der Waals surface area contributed by atoms with Crippen molar-refractivity contribution in [1.82, 2.24) is 15.1 Å². The van der Waals surface area contributed by atoms with Crippen molar-refractivity contribution in [3.63, 3.8) is 0 Å². The Morgan fingerprint density at radius 3 is 2.67 bits per heavy atom. The molecule has 1 aliphatic rings. The molecule has 0 radical (unpaired) electrons. The highest BCUT2D eigenvalue weighted by Crippen LogP contribution is 2.22. The fraction of sp³-hybridized carbons (Fsp3) is 0.200. The first-order chi connectivity index (χ1) is 14.5. The Morgan fingerprint density at radius 1 is 1.17 bits per heavy atom. The van der Waals surface area contributed by atoms with Crippen LogP contribution in [0, 0.1) is 0 Å². The average Bonchev–Trinajstić information content (AvgIpc) is 3.39. The van der Waals surface area contributed by atoms with Crippen LogP contribution in [0.5, 0.6) is 5.75 Å². The first-order valence-corrected chi connectivity index (χ1v) is 11.7. The van der Waals surface area contributed by atoms with E-state index in [9.17, 15) is 13.2 Å². The van der Waals surface area contributed by atoms with E-state index in [1.807, 2.05) is 5.38 Å². The highest BCUT2D eigenvalue weighted by atomic mass is 32.2. The summed E-state index contributed by atoms with van der Waals surface area (Å²) in [6.07, 6.45) is 1.75. The Bertz CT molecular complexity index is 1110. The van der Waals surface area contributed by atoms with Crippen molar-refractivity contribution in [3.05, 3.63) is 70.7 Å². The molecule has 4 rings (SSSR count). The van der Waals surface area contributed by atoms with Gasteiger partial charge in [-0.05, 0) is 55.3 Å². The van der Waals surface area contributed by atoms with Crippen molar-refractivity contribution < 1.29 is 17.9 Å². The molecule has 10 heteroatoms. The zero-order valence-electron chi connectivity index (χ0n) is 15.9. The summed E-state index contributed by atoms with van der Waals surface area (Å²) < 4.78 is 32.7. The molecule has 3 aromatic rings. The van der Waals surface area contributed by atoms with Gasteiger partial charge < -0.3 is 4.74 Å². The van der Waals surface area contributed by atoms with Gasteiger partial charge in [-0.15, -0.1) is 11.3 Å². The number of thiazole rings is 1. The summed E-state index contributed by atoms with van der Waals surface area (Å²) in [4.78, 5) is 16.8. The molecule has 0 saturated heterocycles. The number of benzene rings is 2. The predicted octanol–water partition coefficient (Wildman–Crippen LogP) is 2.92. The molecule has 1 amide bonds. The van der Waals surface area contributed by atoms with Crippen molar-refractivity contribution in [1.29, 1.82) is 0 Å². The highest BCUT2D eigenvalue weighted by Gasteiger charge is 2.27. The number of amides is 1. The Balaban J connectivity index is 1.32. The van der Waals surface area contributed by atoms with E-state index in [0.717, 1.165) is 18.5 Å². The smallest absolute Gasteiger partial charge is 0.269 e. The number of hydrogen-bond donors (Lipinski definition) is 3. The Labute approximate surface area is 178 Å². The predicted molar refractivity (Wildman–Crippen MR) is 114 cm³/mol. The monoisotopic (exact) mass is 444 g/mol. The minimum Gasteiger partial charge on any atom is -0.487 e. The molecule has 1 aliphatic carbocycles. The number of nitrogens with zero attached hydrogens (tertiary/aromatic N) is 1. The summed E-state index contributed by atoms with van der Waals surface area (Å²) in [6, 6.07) is 13.0. The lowest BCUT2D eigenvalue weighted by Gasteiger charge is -2.11. The number of carbonyl (C=O) groups is 1. The minimum atomic E-state index is -3.50. The van der Waals surface area contributed by atoms with Gasteiger partial charge in [0, 0.05) is 17.0 Å². The number of hydrogen-bond acceptors (Lipinski definition) is 7. The van der Waals surface area contributed by atoms with Crippen molar-refractivity contribution in [2.75, 3.05) is 5.43 Å². The van der Waals surface area contributed by atoms with E-state index in [2.05, 4.69) is 20.6 Å². The van der Waals surface area contributed by atoms with E-state index < -0.39 is 10.0 Å². The molecule has 30 heavy (non-hydrogen) atoms. The van der Waals surface area contributed by atoms with Crippen LogP contribution in [0.3, 0.4) is 0 Å². The van der Waals surface area contributed by atoms with Crippen LogP contribution in [-0.4, -0.2) is 25.4 Å². The molecule has 1 saturated carbocycles. The number of ether oxygens (including phenoxy) is 1. The van der Waals surface area contributed by atoms with Gasteiger partial charge in [-0.3, -0.25) is 15.6 Å². The first kappa shape index (κ1) is 20.3. The van der Waals surface area contributed by atoms with Crippen LogP contribution in [-0.2, 0) is 16.6 Å². The minimum absolute atomic E-state index is 0.0494. The van der Waals surface area contributed by atoms with Gasteiger partial charge in [-0.1, -0.05) is 6.07 Å². The van der Waals surface area contributed by atoms with Crippen LogP contribution in [0.4, 0.5) is 5.69 Å². The number of hydrazine groups is 1. The fourth-order valence-electron chi connectivity index (χ4n) is 2.60. The molecular weight excluding hydrogens is 424 g/mol. The molecule has 0 atom stereocenters. The maximum atomic E-state index is 12.4. The van der Waals surface area contributed by atoms with Gasteiger partial charge in [0.1, 0.15) is 12.4 Å². The summed E-state index contributed by atoms with van der Waals surface area (Å²) in [6.45, 7) is 0.331. The van der Waals surface area contributed by atoms with Crippen molar-refractivity contribution in [3.8, 4) is 5.75 Å². The molecule has 0 spiro atoms. The van der Waals surface area contributed by atoms with Gasteiger partial charge >= 0.3 is 0 Å². The number of anilines is 1. The molecular formula is C20H20N4O4S2. The molecule has 0 unspecified atom stereocenters. The van der Waals surface area contributed by atoms with Crippen LogP contribution in [0.2, 0.25) is 0 Å². The lowest BCUT2D eigenvalue weighted by Crippen LogP contribution is -2.29. The third-order valence-corrected chi connectivity index (χ3v) is 6.52. The van der Waals surface area contributed by atoms with Crippen LogP contribution in [0.1, 0.15) is 28.9 Å². The number of nitrogens with one attached hydrogen (secondary N) is 3. The molecule has 3 N–H and O–H groups in total. The number of rotatable bonds is 9. The van der Waals surface area contributed by atoms with Gasteiger partial charge in [-0.2, -0.15) is 0 Å². The van der Waals surface area contributed by atoms with E-state index >= 15 is 0 Å². The molecule has 1 heterocycles. The van der Waals surface area contributed by atoms with Crippen LogP contribution in [0.15, 0.2) is 64.3 Å². The topological polar surface area (TPSA) is 109 Å². The second kappa shape index (κ2) is 8.82. The van der Waals surface area contributed by atoms with E-state index in [1.165, 1.54) is 23.5 Å². The first-order valence-electron chi connectivity index (χ1n) is 9.28. The summed E-state index contributed by atoms with van der Waals surface area (Å²) in [7, 11) is -3.50. The summed E-state index contributed by atoms with van der Waals surface area (Å²) in [5, 5.41) is 1.90. The summed E-state index contributed by atoms with van der Waals surface area (Å²) in [5.74, 6) is 0.217. The van der Waals surface area contributed by atoms with E-state index in [0.29, 0.717) is 23.6 Å². The Kier molecular flexibility index (Phi) is 5.98. The van der Waals surface area contributed by atoms with Gasteiger partial charge in [0.2, 0.25) is 10.0 Å². The summed E-state index contributed by atoms with van der Waals surface area (Å²) >= 11 is 1.49. The van der Waals surface area contributed by atoms with Crippen molar-refractivity contribution in [2.45, 2.75) is 30.4 Å². The average molecular weight is 445 g/mol. The normalized spacial score (nSPS) is 13.6. The third-order valence-electron chi connectivity index (χ3n) is 4.35. The van der Waals surface area contributed by atoms with Crippen molar-refractivity contribution >= 4 is 33.0 Å². The van der Waals surface area contributed by atoms with E-state index in [-0.39, 0.29) is 16.8 Å². The van der Waals surface area contributed by atoms with Gasteiger partial charge in [0.05, 0.1) is 21.8 Å². The van der Waals surface area contributed by atoms with E-state index in [1.54, 1.807) is 41.9 Å². The van der Waals surface area contributed by atoms with Crippen LogP contribution < -0.4 is 20.3 Å². The van der Waals surface area contributed by atoms with Crippen LogP contribution >= 0.6 is 11.3 Å². The second-order valence-corrected chi connectivity index (χ2v) is 9.23. The molecule has 0 aliphatic heterocycles. The molecule has 8 nitrogen and oxygen atoms in total. The fourth-order valence-corrected chi connectivity index (χ4v) is 4.45. The molecule has 2 aromatic carbocycles. The maximum Gasteiger partial charge on any atom is 0.269 e. The van der Waals surface area contributed by atoms with Gasteiger partial charge in [0.15, 0.2) is 0 Å². The SMILES string of the molecule is O=C(NNc1ccc(S(=O)(=O)NC2CC2)cc1)c1cccc(OCc2cscn2)c1. The van der Waals surface area contributed by atoms with Gasteiger partial charge in [-0.25, -0.2) is 18.1 Å². The molecule has 1 fully saturated rings. The molecule has 0 bridgehead atoms. The van der Waals surface area contributed by atoms with Crippen molar-refractivity contribution in [2.24, 2.45) is 0 Å². The second-order valence-electron chi connectivity index (χ2n) is 6.80. The maximum absolute atomic E-state index is 12.4. The highest BCUT2D eigenvalue weighted by molar-refractivity contribution is 7.89. The Morgan fingerprint density at radius 2 is 1.97 bits per heavy atom. The number of aromatic nitrogens is 1. The lowest BCUT2D eigenvalue weighted by atomic mass is 10.2. The van der Waals surface area contributed by atoms with Crippen LogP contribution in [0.25, 0.3) is 0 Å². The lowest BCUT2D eigenvalue weighted by molar-refractivity contribution is 0.0962. The van der Waals surface area contributed by atoms with E-state index in [4.69, 9.17) is 4.74 Å². The van der Waals surface area contributed by atoms with Gasteiger partial charge in [0.25, 0.3) is 5.91 Å². The molecule has 1 aromatic heterocycles. The summed E-state index contributed by atoms with van der Waals surface area (Å²) in [5.41, 5.74) is 8.92. The zero-order valence-corrected chi connectivity index (χ0v) is 17.5.